The number of rotatable bonds is 5. The molecular weight excluding hydrogens is 350 g/mol. The second-order valence-corrected chi connectivity index (χ2v) is 6.85. The average molecular weight is 367 g/mol. The molecule has 2 amide bonds. The Morgan fingerprint density at radius 3 is 2.69 bits per heavy atom. The Kier molecular flexibility index (Phi) is 4.69. The molecule has 2 N–H and O–H groups in total. The molecule has 0 radical (unpaired) electrons. The van der Waals surface area contributed by atoms with Crippen LogP contribution in [-0.2, 0) is 0 Å². The second-order valence-electron chi connectivity index (χ2n) is 5.96. The molecule has 1 aliphatic heterocycles. The van der Waals surface area contributed by atoms with Gasteiger partial charge in [-0.15, -0.1) is 21.5 Å². The van der Waals surface area contributed by atoms with E-state index in [4.69, 9.17) is 0 Å². The number of nitrogens with zero attached hydrogens (tertiary/aromatic N) is 5. The van der Waals surface area contributed by atoms with E-state index in [0.29, 0.717) is 17.6 Å². The average Bonchev–Trinajstić information content (AvgIpc) is 3.14. The van der Waals surface area contributed by atoms with Crippen molar-refractivity contribution in [1.82, 2.24) is 25.5 Å². The number of carbonyl (C=O) groups excluding carboxylic acids is 1. The molecule has 0 saturated carbocycles. The predicted octanol–water partition coefficient (Wildman–Crippen LogP) is 2.25. The van der Waals surface area contributed by atoms with E-state index < -0.39 is 0 Å². The lowest BCUT2D eigenvalue weighted by molar-refractivity contribution is 0.248. The molecule has 8 nitrogen and oxygen atoms in total. The lowest BCUT2D eigenvalue weighted by atomic mass is 10.0. The standard InChI is InChI=1S/C17H17N7OS/c25-16(21-17-19-7-8-26-17)20-9-12-10-24(11-12)15-2-1-14(22-23-15)13-3-5-18-6-4-13/h1-8,12H,9-11H2,(H2,19,20,21,25). The first-order chi connectivity index (χ1) is 12.8. The zero-order valence-corrected chi connectivity index (χ0v) is 14.7. The Morgan fingerprint density at radius 2 is 2.00 bits per heavy atom. The van der Waals surface area contributed by atoms with Gasteiger partial charge >= 0.3 is 6.03 Å². The third-order valence-corrected chi connectivity index (χ3v) is 4.80. The first-order valence-electron chi connectivity index (χ1n) is 8.21. The highest BCUT2D eigenvalue weighted by Crippen LogP contribution is 2.23. The van der Waals surface area contributed by atoms with Gasteiger partial charge in [-0.05, 0) is 24.3 Å². The van der Waals surface area contributed by atoms with Gasteiger partial charge in [0.2, 0.25) is 0 Å². The maximum absolute atomic E-state index is 11.8. The summed E-state index contributed by atoms with van der Waals surface area (Å²) in [5.41, 5.74) is 1.82. The predicted molar refractivity (Wildman–Crippen MR) is 100 cm³/mol. The van der Waals surface area contributed by atoms with Crippen LogP contribution in [-0.4, -0.2) is 45.8 Å². The van der Waals surface area contributed by atoms with Crippen molar-refractivity contribution in [2.75, 3.05) is 29.9 Å². The van der Waals surface area contributed by atoms with Crippen molar-refractivity contribution in [1.29, 1.82) is 0 Å². The SMILES string of the molecule is O=C(NCC1CN(c2ccc(-c3ccncc3)nn2)C1)Nc1nccs1. The van der Waals surface area contributed by atoms with E-state index in [-0.39, 0.29) is 6.03 Å². The smallest absolute Gasteiger partial charge is 0.321 e. The van der Waals surface area contributed by atoms with Gasteiger partial charge in [0.15, 0.2) is 10.9 Å². The van der Waals surface area contributed by atoms with Gasteiger partial charge < -0.3 is 10.2 Å². The molecule has 0 unspecified atom stereocenters. The number of carbonyl (C=O) groups is 1. The van der Waals surface area contributed by atoms with E-state index in [2.05, 4.69) is 35.7 Å². The molecule has 4 rings (SSSR count). The van der Waals surface area contributed by atoms with Crippen LogP contribution in [0.1, 0.15) is 0 Å². The van der Waals surface area contributed by atoms with Crippen molar-refractivity contribution in [2.45, 2.75) is 0 Å². The Balaban J connectivity index is 1.24. The van der Waals surface area contributed by atoms with Gasteiger partial charge in [0, 0.05) is 55.1 Å². The summed E-state index contributed by atoms with van der Waals surface area (Å²) in [5.74, 6) is 1.25. The molecule has 0 aromatic carbocycles. The minimum atomic E-state index is -0.222. The van der Waals surface area contributed by atoms with Crippen molar-refractivity contribution >= 4 is 28.3 Å². The highest BCUT2D eigenvalue weighted by molar-refractivity contribution is 7.13. The topological polar surface area (TPSA) is 95.9 Å². The Labute approximate surface area is 154 Å². The Morgan fingerprint density at radius 1 is 1.15 bits per heavy atom. The minimum Gasteiger partial charge on any atom is -0.354 e. The molecule has 1 saturated heterocycles. The van der Waals surface area contributed by atoms with E-state index in [9.17, 15) is 4.79 Å². The Hall–Kier alpha value is -3.07. The quantitative estimate of drug-likeness (QED) is 0.718. The summed E-state index contributed by atoms with van der Waals surface area (Å²) < 4.78 is 0. The molecule has 26 heavy (non-hydrogen) atoms. The number of thiazole rings is 1. The molecule has 3 aromatic heterocycles. The highest BCUT2D eigenvalue weighted by atomic mass is 32.1. The number of urea groups is 1. The first kappa shape index (κ1) is 16.4. The monoisotopic (exact) mass is 367 g/mol. The molecule has 1 fully saturated rings. The van der Waals surface area contributed by atoms with Gasteiger partial charge in [0.05, 0.1) is 5.69 Å². The number of amides is 2. The van der Waals surface area contributed by atoms with Crippen molar-refractivity contribution in [2.24, 2.45) is 5.92 Å². The van der Waals surface area contributed by atoms with Gasteiger partial charge in [-0.1, -0.05) is 0 Å². The number of pyridine rings is 1. The summed E-state index contributed by atoms with van der Waals surface area (Å²) in [6.07, 6.45) is 5.14. The van der Waals surface area contributed by atoms with Gasteiger partial charge in [0.1, 0.15) is 0 Å². The molecule has 0 bridgehead atoms. The minimum absolute atomic E-state index is 0.222. The molecule has 0 spiro atoms. The number of hydrogen-bond acceptors (Lipinski definition) is 7. The van der Waals surface area contributed by atoms with Gasteiger partial charge in [0.25, 0.3) is 0 Å². The van der Waals surface area contributed by atoms with Gasteiger partial charge in [-0.2, -0.15) is 0 Å². The fourth-order valence-corrected chi connectivity index (χ4v) is 3.24. The van der Waals surface area contributed by atoms with Crippen LogP contribution in [0.3, 0.4) is 0 Å². The summed E-state index contributed by atoms with van der Waals surface area (Å²) in [6, 6.07) is 7.53. The molecule has 132 valence electrons. The van der Waals surface area contributed by atoms with E-state index in [1.807, 2.05) is 29.6 Å². The summed E-state index contributed by atoms with van der Waals surface area (Å²) >= 11 is 1.39. The first-order valence-corrected chi connectivity index (χ1v) is 9.09. The van der Waals surface area contributed by atoms with Crippen LogP contribution in [0.25, 0.3) is 11.3 Å². The third kappa shape index (κ3) is 3.77. The molecule has 0 atom stereocenters. The van der Waals surface area contributed by atoms with Crippen LogP contribution < -0.4 is 15.5 Å². The van der Waals surface area contributed by atoms with Crippen LogP contribution in [0.4, 0.5) is 15.7 Å². The van der Waals surface area contributed by atoms with E-state index >= 15 is 0 Å². The van der Waals surface area contributed by atoms with Crippen molar-refractivity contribution in [3.63, 3.8) is 0 Å². The number of nitrogens with one attached hydrogen (secondary N) is 2. The zero-order valence-electron chi connectivity index (χ0n) is 13.9. The van der Waals surface area contributed by atoms with E-state index in [0.717, 1.165) is 30.2 Å². The third-order valence-electron chi connectivity index (χ3n) is 4.11. The van der Waals surface area contributed by atoms with Gasteiger partial charge in [-0.25, -0.2) is 9.78 Å². The summed E-state index contributed by atoms with van der Waals surface area (Å²) in [4.78, 5) is 22.0. The molecule has 9 heteroatoms. The molecule has 4 heterocycles. The summed E-state index contributed by atoms with van der Waals surface area (Å²) in [6.45, 7) is 2.32. The zero-order chi connectivity index (χ0) is 17.8. The lowest BCUT2D eigenvalue weighted by Crippen LogP contribution is -2.52. The molecular formula is C17H17N7OS. The summed E-state index contributed by atoms with van der Waals surface area (Å²) in [7, 11) is 0. The maximum Gasteiger partial charge on any atom is 0.321 e. The molecule has 1 aliphatic rings. The maximum atomic E-state index is 11.8. The summed E-state index contributed by atoms with van der Waals surface area (Å²) in [5, 5.41) is 16.6. The van der Waals surface area contributed by atoms with Crippen molar-refractivity contribution < 1.29 is 4.79 Å². The van der Waals surface area contributed by atoms with Crippen LogP contribution in [0.5, 0.6) is 0 Å². The van der Waals surface area contributed by atoms with Crippen LogP contribution in [0.2, 0.25) is 0 Å². The lowest BCUT2D eigenvalue weighted by Gasteiger charge is -2.39. The Bertz CT molecular complexity index is 849. The van der Waals surface area contributed by atoms with Crippen molar-refractivity contribution in [3.05, 3.63) is 48.2 Å². The number of hydrogen-bond donors (Lipinski definition) is 2. The number of aromatic nitrogens is 4. The fraction of sp³-hybridized carbons (Fsp3) is 0.235. The van der Waals surface area contributed by atoms with Gasteiger partial charge in [-0.3, -0.25) is 10.3 Å². The van der Waals surface area contributed by atoms with Crippen molar-refractivity contribution in [3.8, 4) is 11.3 Å². The number of anilines is 2. The molecule has 0 aliphatic carbocycles. The normalized spacial score (nSPS) is 13.9. The largest absolute Gasteiger partial charge is 0.354 e. The second kappa shape index (κ2) is 7.44. The molecule has 3 aromatic rings. The van der Waals surface area contributed by atoms with Crippen LogP contribution in [0.15, 0.2) is 48.2 Å². The van der Waals surface area contributed by atoms with Crippen LogP contribution >= 0.6 is 11.3 Å². The van der Waals surface area contributed by atoms with E-state index in [1.54, 1.807) is 18.6 Å². The fourth-order valence-electron chi connectivity index (χ4n) is 2.72. The van der Waals surface area contributed by atoms with E-state index in [1.165, 1.54) is 11.3 Å². The highest BCUT2D eigenvalue weighted by Gasteiger charge is 2.28. The van der Waals surface area contributed by atoms with Crippen LogP contribution in [0, 0.1) is 5.92 Å².